The van der Waals surface area contributed by atoms with Crippen molar-refractivity contribution < 1.29 is 13.2 Å². The van der Waals surface area contributed by atoms with E-state index in [1.807, 2.05) is 30.3 Å². The molecular formula is C19H26ClN3O3S. The Labute approximate surface area is 167 Å². The van der Waals surface area contributed by atoms with Gasteiger partial charge in [0, 0.05) is 32.6 Å². The molecule has 0 aromatic heterocycles. The summed E-state index contributed by atoms with van der Waals surface area (Å²) in [5.74, 6) is -0.109. The Kier molecular flexibility index (Phi) is 10.0. The Hall–Kier alpha value is -1.93. The molecule has 0 radical (unpaired) electrons. The van der Waals surface area contributed by atoms with Gasteiger partial charge in [0.15, 0.2) is 0 Å². The summed E-state index contributed by atoms with van der Waals surface area (Å²) in [6.07, 6.45) is 0.836. The number of hydrogen-bond acceptors (Lipinski definition) is 4. The molecule has 148 valence electrons. The Bertz CT molecular complexity index is 786. The van der Waals surface area contributed by atoms with E-state index < -0.39 is 10.0 Å². The average molecular weight is 412 g/mol. The standard InChI is InChI=1S/C19H25N3O3S.ClH/c20-13-16-22(15-12-17-7-3-1-4-8-17)19(23)11-14-21-26(24,25)18-9-5-2-6-10-18;/h1-10,21H,11-16,20H2;1H. The van der Waals surface area contributed by atoms with Gasteiger partial charge in [0.1, 0.15) is 0 Å². The molecule has 2 aromatic rings. The van der Waals surface area contributed by atoms with Crippen LogP contribution in [-0.2, 0) is 21.2 Å². The van der Waals surface area contributed by atoms with Gasteiger partial charge >= 0.3 is 0 Å². The minimum Gasteiger partial charge on any atom is -0.341 e. The number of rotatable bonds is 10. The lowest BCUT2D eigenvalue weighted by Crippen LogP contribution is -2.38. The van der Waals surface area contributed by atoms with E-state index in [-0.39, 0.29) is 36.2 Å². The van der Waals surface area contributed by atoms with Crippen LogP contribution in [-0.4, -0.2) is 45.4 Å². The van der Waals surface area contributed by atoms with E-state index in [9.17, 15) is 13.2 Å². The molecule has 2 rings (SSSR count). The maximum atomic E-state index is 12.4. The smallest absolute Gasteiger partial charge is 0.240 e. The van der Waals surface area contributed by atoms with Crippen molar-refractivity contribution in [2.24, 2.45) is 5.73 Å². The van der Waals surface area contributed by atoms with Crippen LogP contribution in [0.15, 0.2) is 65.6 Å². The van der Waals surface area contributed by atoms with Gasteiger partial charge in [-0.05, 0) is 24.1 Å². The number of sulfonamides is 1. The molecule has 8 heteroatoms. The summed E-state index contributed by atoms with van der Waals surface area (Å²) in [7, 11) is -3.59. The van der Waals surface area contributed by atoms with Crippen LogP contribution in [0.3, 0.4) is 0 Å². The van der Waals surface area contributed by atoms with Crippen LogP contribution in [0.5, 0.6) is 0 Å². The lowest BCUT2D eigenvalue weighted by Gasteiger charge is -2.22. The first-order chi connectivity index (χ1) is 12.5. The maximum absolute atomic E-state index is 12.4. The van der Waals surface area contributed by atoms with Crippen molar-refractivity contribution >= 4 is 28.3 Å². The molecule has 0 aliphatic rings. The van der Waals surface area contributed by atoms with Gasteiger partial charge < -0.3 is 10.6 Å². The molecule has 0 atom stereocenters. The highest BCUT2D eigenvalue weighted by Crippen LogP contribution is 2.07. The van der Waals surface area contributed by atoms with Crippen molar-refractivity contribution in [1.29, 1.82) is 0 Å². The fourth-order valence-corrected chi connectivity index (χ4v) is 3.61. The van der Waals surface area contributed by atoms with Crippen molar-refractivity contribution in [3.05, 3.63) is 66.2 Å². The normalized spacial score (nSPS) is 10.9. The predicted molar refractivity (Wildman–Crippen MR) is 109 cm³/mol. The molecule has 0 saturated heterocycles. The summed E-state index contributed by atoms with van der Waals surface area (Å²) in [5, 5.41) is 0. The summed E-state index contributed by atoms with van der Waals surface area (Å²) in [4.78, 5) is 14.3. The van der Waals surface area contributed by atoms with Crippen LogP contribution < -0.4 is 10.5 Å². The number of amides is 1. The lowest BCUT2D eigenvalue weighted by molar-refractivity contribution is -0.130. The van der Waals surface area contributed by atoms with Gasteiger partial charge in [0.05, 0.1) is 4.90 Å². The number of halogens is 1. The van der Waals surface area contributed by atoms with Crippen molar-refractivity contribution in [2.75, 3.05) is 26.2 Å². The Morgan fingerprint density at radius 2 is 1.56 bits per heavy atom. The minimum atomic E-state index is -3.59. The van der Waals surface area contributed by atoms with E-state index in [1.54, 1.807) is 23.1 Å². The van der Waals surface area contributed by atoms with Gasteiger partial charge in [-0.1, -0.05) is 48.5 Å². The number of hydrogen-bond donors (Lipinski definition) is 2. The zero-order chi connectivity index (χ0) is 18.8. The second kappa shape index (κ2) is 11.7. The SMILES string of the molecule is Cl.NCCN(CCc1ccccc1)C(=O)CCNS(=O)(=O)c1ccccc1. The quantitative estimate of drug-likeness (QED) is 0.623. The molecule has 0 heterocycles. The highest BCUT2D eigenvalue weighted by atomic mass is 35.5. The molecular weight excluding hydrogens is 386 g/mol. The van der Waals surface area contributed by atoms with E-state index in [0.717, 1.165) is 12.0 Å². The van der Waals surface area contributed by atoms with Gasteiger partial charge in [-0.2, -0.15) is 0 Å². The number of carbonyl (C=O) groups is 1. The molecule has 0 aliphatic heterocycles. The molecule has 2 aromatic carbocycles. The predicted octanol–water partition coefficient (Wildman–Crippen LogP) is 1.81. The summed E-state index contributed by atoms with van der Waals surface area (Å²) < 4.78 is 26.8. The first-order valence-electron chi connectivity index (χ1n) is 8.59. The number of nitrogens with one attached hydrogen (secondary N) is 1. The Morgan fingerprint density at radius 1 is 0.963 bits per heavy atom. The fourth-order valence-electron chi connectivity index (χ4n) is 2.56. The second-order valence-electron chi connectivity index (χ2n) is 5.87. The van der Waals surface area contributed by atoms with Crippen LogP contribution in [0.4, 0.5) is 0 Å². The number of carbonyl (C=O) groups excluding carboxylic acids is 1. The van der Waals surface area contributed by atoms with E-state index in [0.29, 0.717) is 19.6 Å². The van der Waals surface area contributed by atoms with Gasteiger partial charge in [-0.25, -0.2) is 13.1 Å². The highest BCUT2D eigenvalue weighted by molar-refractivity contribution is 7.89. The summed E-state index contributed by atoms with van der Waals surface area (Å²) in [6.45, 7) is 1.45. The highest BCUT2D eigenvalue weighted by Gasteiger charge is 2.16. The van der Waals surface area contributed by atoms with Gasteiger partial charge in [0.25, 0.3) is 0 Å². The van der Waals surface area contributed by atoms with Crippen LogP contribution in [0.2, 0.25) is 0 Å². The van der Waals surface area contributed by atoms with E-state index in [2.05, 4.69) is 4.72 Å². The first kappa shape index (κ1) is 23.1. The molecule has 0 fully saturated rings. The van der Waals surface area contributed by atoms with Gasteiger partial charge in [0.2, 0.25) is 15.9 Å². The fraction of sp³-hybridized carbons (Fsp3) is 0.316. The molecule has 1 amide bonds. The summed E-state index contributed by atoms with van der Waals surface area (Å²) >= 11 is 0. The third kappa shape index (κ3) is 7.68. The number of nitrogens with two attached hydrogens (primary N) is 1. The molecule has 6 nitrogen and oxygen atoms in total. The molecule has 3 N–H and O–H groups in total. The molecule has 0 saturated carbocycles. The zero-order valence-electron chi connectivity index (χ0n) is 15.1. The van der Waals surface area contributed by atoms with E-state index in [4.69, 9.17) is 5.73 Å². The van der Waals surface area contributed by atoms with Gasteiger partial charge in [-0.15, -0.1) is 12.4 Å². The lowest BCUT2D eigenvalue weighted by atomic mass is 10.1. The molecule has 0 bridgehead atoms. The molecule has 0 spiro atoms. The molecule has 0 unspecified atom stereocenters. The third-order valence-electron chi connectivity index (χ3n) is 3.95. The van der Waals surface area contributed by atoms with Crippen molar-refractivity contribution in [3.63, 3.8) is 0 Å². The monoisotopic (exact) mass is 411 g/mol. The average Bonchev–Trinajstić information content (AvgIpc) is 2.66. The van der Waals surface area contributed by atoms with Crippen molar-refractivity contribution in [3.8, 4) is 0 Å². The van der Waals surface area contributed by atoms with E-state index >= 15 is 0 Å². The minimum absolute atomic E-state index is 0. The zero-order valence-corrected chi connectivity index (χ0v) is 16.7. The second-order valence-corrected chi connectivity index (χ2v) is 7.63. The van der Waals surface area contributed by atoms with Gasteiger partial charge in [-0.3, -0.25) is 4.79 Å². The van der Waals surface area contributed by atoms with E-state index in [1.165, 1.54) is 12.1 Å². The summed E-state index contributed by atoms with van der Waals surface area (Å²) in [6, 6.07) is 18.0. The Balaban J connectivity index is 0.00000364. The topological polar surface area (TPSA) is 92.5 Å². The van der Waals surface area contributed by atoms with Crippen molar-refractivity contribution in [1.82, 2.24) is 9.62 Å². The summed E-state index contributed by atoms with van der Waals surface area (Å²) in [5.41, 5.74) is 6.75. The van der Waals surface area contributed by atoms with Crippen LogP contribution in [0.1, 0.15) is 12.0 Å². The first-order valence-corrected chi connectivity index (χ1v) is 10.1. The van der Waals surface area contributed by atoms with Crippen LogP contribution >= 0.6 is 12.4 Å². The molecule has 0 aliphatic carbocycles. The largest absolute Gasteiger partial charge is 0.341 e. The maximum Gasteiger partial charge on any atom is 0.240 e. The third-order valence-corrected chi connectivity index (χ3v) is 5.43. The van der Waals surface area contributed by atoms with Crippen molar-refractivity contribution in [2.45, 2.75) is 17.7 Å². The number of nitrogens with zero attached hydrogens (tertiary/aromatic N) is 1. The van der Waals surface area contributed by atoms with Crippen LogP contribution in [0.25, 0.3) is 0 Å². The molecule has 27 heavy (non-hydrogen) atoms. The number of benzene rings is 2. The van der Waals surface area contributed by atoms with Crippen LogP contribution in [0, 0.1) is 0 Å². The Morgan fingerprint density at radius 3 is 2.15 bits per heavy atom.